The molecule has 0 unspecified atom stereocenters. The number of rotatable bonds is 8. The van der Waals surface area contributed by atoms with Crippen LogP contribution >= 0.6 is 0 Å². The number of carbonyl (C=O) groups excluding carboxylic acids is 2. The Morgan fingerprint density at radius 1 is 1.05 bits per heavy atom. The minimum atomic E-state index is -0.578. The number of ether oxygens (including phenoxy) is 3. The summed E-state index contributed by atoms with van der Waals surface area (Å²) < 4.78 is 29.3. The number of methoxy groups -OCH3 is 1. The Balaban J connectivity index is 1.35. The van der Waals surface area contributed by atoms with Crippen molar-refractivity contribution in [3.63, 3.8) is 0 Å². The predicted octanol–water partition coefficient (Wildman–Crippen LogP) is 5.06. The zero-order chi connectivity index (χ0) is 26.5. The van der Waals surface area contributed by atoms with Gasteiger partial charge in [-0.3, -0.25) is 9.59 Å². The average molecular weight is 519 g/mol. The molecule has 0 radical (unpaired) electrons. The molecule has 1 saturated heterocycles. The summed E-state index contributed by atoms with van der Waals surface area (Å²) in [5, 5.41) is 2.77. The Labute approximate surface area is 221 Å². The summed E-state index contributed by atoms with van der Waals surface area (Å²) in [6.07, 6.45) is 1.64. The number of fused-ring (bicyclic) bond motifs is 1. The molecule has 1 atom stereocenters. The van der Waals surface area contributed by atoms with Crippen LogP contribution in [0.15, 0.2) is 66.7 Å². The average Bonchev–Trinajstić information content (AvgIpc) is 2.96. The first kappa shape index (κ1) is 25.6. The van der Waals surface area contributed by atoms with Crippen molar-refractivity contribution >= 4 is 17.5 Å². The van der Waals surface area contributed by atoms with E-state index < -0.39 is 6.67 Å². The fourth-order valence-corrected chi connectivity index (χ4v) is 5.38. The molecule has 0 spiro atoms. The van der Waals surface area contributed by atoms with Gasteiger partial charge in [0, 0.05) is 24.6 Å². The van der Waals surface area contributed by atoms with Crippen LogP contribution in [0.25, 0.3) is 0 Å². The summed E-state index contributed by atoms with van der Waals surface area (Å²) >= 11 is 0. The van der Waals surface area contributed by atoms with Crippen molar-refractivity contribution in [3.8, 4) is 17.2 Å². The first-order valence-electron chi connectivity index (χ1n) is 12.8. The number of piperidine rings is 1. The van der Waals surface area contributed by atoms with Gasteiger partial charge in [-0.05, 0) is 60.2 Å². The molecule has 2 amide bonds. The van der Waals surface area contributed by atoms with Crippen molar-refractivity contribution in [3.05, 3.63) is 83.4 Å². The molecule has 7 nitrogen and oxygen atoms in total. The lowest BCUT2D eigenvalue weighted by Crippen LogP contribution is -2.40. The Hall–Kier alpha value is -4.07. The third kappa shape index (κ3) is 5.44. The minimum absolute atomic E-state index is 0.0198. The number of nitrogens with one attached hydrogen (secondary N) is 1. The number of halogens is 1. The molecule has 198 valence electrons. The van der Waals surface area contributed by atoms with Crippen LogP contribution < -0.4 is 19.5 Å². The molecule has 0 aliphatic carbocycles. The van der Waals surface area contributed by atoms with Crippen molar-refractivity contribution in [2.24, 2.45) is 5.92 Å². The van der Waals surface area contributed by atoms with Crippen LogP contribution in [0, 0.1) is 5.92 Å². The monoisotopic (exact) mass is 518 g/mol. The van der Waals surface area contributed by atoms with Gasteiger partial charge in [0.25, 0.3) is 11.8 Å². The normalized spacial score (nSPS) is 16.2. The van der Waals surface area contributed by atoms with Gasteiger partial charge in [-0.2, -0.15) is 0 Å². The van der Waals surface area contributed by atoms with Gasteiger partial charge in [-0.15, -0.1) is 0 Å². The van der Waals surface area contributed by atoms with E-state index in [4.69, 9.17) is 14.2 Å². The highest BCUT2D eigenvalue weighted by atomic mass is 19.1. The third-order valence-corrected chi connectivity index (χ3v) is 7.20. The number of likely N-dealkylation sites (tertiary alicyclic amines) is 1. The second-order valence-corrected chi connectivity index (χ2v) is 9.51. The lowest BCUT2D eigenvalue weighted by molar-refractivity contribution is -0.118. The zero-order valence-corrected chi connectivity index (χ0v) is 21.3. The van der Waals surface area contributed by atoms with Gasteiger partial charge in [0.05, 0.1) is 12.8 Å². The van der Waals surface area contributed by atoms with Gasteiger partial charge >= 0.3 is 0 Å². The highest BCUT2D eigenvalue weighted by molar-refractivity contribution is 5.99. The second kappa shape index (κ2) is 11.5. The Bertz CT molecular complexity index is 1290. The smallest absolute Gasteiger partial charge is 0.262 e. The van der Waals surface area contributed by atoms with E-state index >= 15 is 0 Å². The molecule has 0 bridgehead atoms. The SMILES string of the molecule is COc1ccc([C@@H](c2ccccc2)C2CCN(C(=O)c3ccc4c(c3)NC(=O)CO4)CC2)cc1OCCF. The van der Waals surface area contributed by atoms with Gasteiger partial charge in [-0.1, -0.05) is 36.4 Å². The number of benzene rings is 3. The van der Waals surface area contributed by atoms with Gasteiger partial charge in [-0.25, -0.2) is 4.39 Å². The van der Waals surface area contributed by atoms with E-state index in [1.54, 1.807) is 25.3 Å². The molecule has 1 fully saturated rings. The summed E-state index contributed by atoms with van der Waals surface area (Å²) in [5.74, 6) is 1.75. The number of amides is 2. The maximum atomic E-state index is 13.3. The highest BCUT2D eigenvalue weighted by Gasteiger charge is 2.32. The first-order chi connectivity index (χ1) is 18.6. The zero-order valence-electron chi connectivity index (χ0n) is 21.3. The van der Waals surface area contributed by atoms with Crippen LogP contribution in [0.1, 0.15) is 40.2 Å². The summed E-state index contributed by atoms with van der Waals surface area (Å²) in [6, 6.07) is 21.3. The maximum absolute atomic E-state index is 13.3. The standard InChI is InChI=1S/C30H31FN2O5/c1-36-26-10-7-22(18-27(26)37-16-13-31)29(20-5-3-2-4-6-20)21-11-14-33(15-12-21)30(35)23-8-9-25-24(17-23)32-28(34)19-38-25/h2-10,17-18,21,29H,11-16,19H2,1H3,(H,32,34)/t29-/m0/s1. The number of nitrogens with zero attached hydrogens (tertiary/aromatic N) is 1. The van der Waals surface area contributed by atoms with E-state index in [9.17, 15) is 14.0 Å². The van der Waals surface area contributed by atoms with E-state index in [2.05, 4.69) is 17.4 Å². The van der Waals surface area contributed by atoms with Crippen molar-refractivity contribution in [1.29, 1.82) is 0 Å². The molecular formula is C30H31FN2O5. The van der Waals surface area contributed by atoms with Crippen LogP contribution in [-0.4, -0.2) is 56.8 Å². The van der Waals surface area contributed by atoms with Crippen LogP contribution in [0.3, 0.4) is 0 Å². The van der Waals surface area contributed by atoms with Crippen molar-refractivity contribution in [2.75, 3.05) is 45.4 Å². The topological polar surface area (TPSA) is 77.1 Å². The summed E-state index contributed by atoms with van der Waals surface area (Å²) in [6.45, 7) is 0.608. The van der Waals surface area contributed by atoms with E-state index in [1.165, 1.54) is 5.56 Å². The minimum Gasteiger partial charge on any atom is -0.493 e. The Morgan fingerprint density at radius 2 is 1.84 bits per heavy atom. The van der Waals surface area contributed by atoms with Crippen molar-refractivity contribution < 1.29 is 28.2 Å². The molecule has 3 aromatic rings. The number of carbonyl (C=O) groups is 2. The molecule has 2 heterocycles. The lowest BCUT2D eigenvalue weighted by atomic mass is 9.76. The molecule has 5 rings (SSSR count). The van der Waals surface area contributed by atoms with Crippen LogP contribution in [-0.2, 0) is 4.79 Å². The number of hydrogen-bond donors (Lipinski definition) is 1. The summed E-state index contributed by atoms with van der Waals surface area (Å²) in [7, 11) is 1.57. The number of anilines is 1. The van der Waals surface area contributed by atoms with Crippen LogP contribution in [0.5, 0.6) is 17.2 Å². The first-order valence-corrected chi connectivity index (χ1v) is 12.8. The largest absolute Gasteiger partial charge is 0.493 e. The Kier molecular flexibility index (Phi) is 7.77. The molecule has 38 heavy (non-hydrogen) atoms. The van der Waals surface area contributed by atoms with E-state index in [0.29, 0.717) is 47.5 Å². The van der Waals surface area contributed by atoms with E-state index in [1.807, 2.05) is 41.3 Å². The van der Waals surface area contributed by atoms with Crippen LogP contribution in [0.2, 0.25) is 0 Å². The fraction of sp³-hybridized carbons (Fsp3) is 0.333. The van der Waals surface area contributed by atoms with Crippen LogP contribution in [0.4, 0.5) is 10.1 Å². The molecule has 8 heteroatoms. The quantitative estimate of drug-likeness (QED) is 0.451. The van der Waals surface area contributed by atoms with E-state index in [0.717, 1.165) is 18.4 Å². The van der Waals surface area contributed by atoms with Gasteiger partial charge in [0.15, 0.2) is 18.1 Å². The third-order valence-electron chi connectivity index (χ3n) is 7.20. The predicted molar refractivity (Wildman–Crippen MR) is 142 cm³/mol. The second-order valence-electron chi connectivity index (χ2n) is 9.51. The fourth-order valence-electron chi connectivity index (χ4n) is 5.38. The van der Waals surface area contributed by atoms with Crippen molar-refractivity contribution in [2.45, 2.75) is 18.8 Å². The van der Waals surface area contributed by atoms with Gasteiger partial charge in [0.1, 0.15) is 19.0 Å². The van der Waals surface area contributed by atoms with Gasteiger partial charge < -0.3 is 24.4 Å². The molecule has 1 N–H and O–H groups in total. The van der Waals surface area contributed by atoms with E-state index in [-0.39, 0.29) is 30.9 Å². The lowest BCUT2D eigenvalue weighted by Gasteiger charge is -2.37. The van der Waals surface area contributed by atoms with Crippen molar-refractivity contribution in [1.82, 2.24) is 4.90 Å². The molecule has 3 aromatic carbocycles. The summed E-state index contributed by atoms with van der Waals surface area (Å²) in [4.78, 5) is 26.9. The molecule has 0 aromatic heterocycles. The Morgan fingerprint density at radius 3 is 2.58 bits per heavy atom. The van der Waals surface area contributed by atoms with Gasteiger partial charge in [0.2, 0.25) is 0 Å². The number of alkyl halides is 1. The number of hydrogen-bond acceptors (Lipinski definition) is 5. The molecule has 0 saturated carbocycles. The molecule has 2 aliphatic heterocycles. The summed E-state index contributed by atoms with van der Waals surface area (Å²) in [5.41, 5.74) is 3.30. The molecular weight excluding hydrogens is 487 g/mol. The maximum Gasteiger partial charge on any atom is 0.262 e. The highest BCUT2D eigenvalue weighted by Crippen LogP contribution is 2.41. The molecule has 2 aliphatic rings.